The lowest BCUT2D eigenvalue weighted by atomic mass is 10.2. The normalized spacial score (nSPS) is 10.0. The fourth-order valence-electron chi connectivity index (χ4n) is 1.18. The van der Waals surface area contributed by atoms with Gasteiger partial charge >= 0.3 is 12.1 Å². The number of nitro benzene ring substituents is 1. The number of rotatable bonds is 6. The van der Waals surface area contributed by atoms with Gasteiger partial charge in [0.25, 0.3) is 5.69 Å². The molecule has 8 nitrogen and oxygen atoms in total. The molecule has 0 heterocycles. The molecule has 8 heteroatoms. The van der Waals surface area contributed by atoms with Gasteiger partial charge in [-0.05, 0) is 18.1 Å². The van der Waals surface area contributed by atoms with E-state index in [2.05, 4.69) is 4.74 Å². The van der Waals surface area contributed by atoms with Crippen LogP contribution < -0.4 is 4.74 Å². The Morgan fingerprint density at radius 2 is 1.81 bits per heavy atom. The van der Waals surface area contributed by atoms with Crippen molar-refractivity contribution in [3.05, 3.63) is 34.4 Å². The van der Waals surface area contributed by atoms with Crippen molar-refractivity contribution in [2.75, 3.05) is 13.2 Å². The molecule has 0 aliphatic carbocycles. The third-order valence-corrected chi connectivity index (χ3v) is 2.13. The molecule has 0 aliphatic rings. The minimum atomic E-state index is -1.09. The second-order valence-electron chi connectivity index (χ2n) is 4.47. The van der Waals surface area contributed by atoms with E-state index < -0.39 is 23.7 Å². The first-order valence-corrected chi connectivity index (χ1v) is 6.13. The summed E-state index contributed by atoms with van der Waals surface area (Å²) in [6.07, 6.45) is -1.09. The van der Waals surface area contributed by atoms with E-state index in [0.717, 1.165) is 0 Å². The molecule has 0 spiro atoms. The molecule has 0 amide bonds. The highest BCUT2D eigenvalue weighted by atomic mass is 16.7. The third kappa shape index (κ3) is 6.37. The topological polar surface area (TPSA) is 105 Å². The maximum absolute atomic E-state index is 11.3. The van der Waals surface area contributed by atoms with E-state index in [1.54, 1.807) is 0 Å². The summed E-state index contributed by atoms with van der Waals surface area (Å²) >= 11 is 0. The Morgan fingerprint density at radius 3 is 2.33 bits per heavy atom. The predicted octanol–water partition coefficient (Wildman–Crippen LogP) is 2.31. The highest BCUT2D eigenvalue weighted by Crippen LogP contribution is 2.17. The van der Waals surface area contributed by atoms with Gasteiger partial charge in [-0.3, -0.25) is 10.1 Å². The molecule has 0 saturated heterocycles. The van der Waals surface area contributed by atoms with Gasteiger partial charge in [-0.25, -0.2) is 9.59 Å². The van der Waals surface area contributed by atoms with E-state index in [9.17, 15) is 19.7 Å². The Morgan fingerprint density at radius 1 is 1.19 bits per heavy atom. The standard InChI is InChI=1S/C13H15NO7/c1-9(2)7-19-12(15)8-20-13(16)21-11-5-3-10(4-6-11)14(17)18/h3-6,9H,7-8H2,1-2H3. The molecule has 0 N–H and O–H groups in total. The van der Waals surface area contributed by atoms with Crippen LogP contribution in [-0.4, -0.2) is 30.3 Å². The van der Waals surface area contributed by atoms with Gasteiger partial charge in [0.15, 0.2) is 6.61 Å². The van der Waals surface area contributed by atoms with Crippen LogP contribution >= 0.6 is 0 Å². The van der Waals surface area contributed by atoms with Gasteiger partial charge < -0.3 is 14.2 Å². The Labute approximate surface area is 120 Å². The number of carbonyl (C=O) groups excluding carboxylic acids is 2. The van der Waals surface area contributed by atoms with E-state index in [1.807, 2.05) is 13.8 Å². The SMILES string of the molecule is CC(C)COC(=O)COC(=O)Oc1ccc([N+](=O)[O-])cc1. The van der Waals surface area contributed by atoms with Gasteiger partial charge in [0.2, 0.25) is 0 Å². The number of ether oxygens (including phenoxy) is 3. The van der Waals surface area contributed by atoms with Crippen LogP contribution in [0.4, 0.5) is 10.5 Å². The van der Waals surface area contributed by atoms with Crippen molar-refractivity contribution in [2.45, 2.75) is 13.8 Å². The number of hydrogen-bond donors (Lipinski definition) is 0. The molecule has 1 rings (SSSR count). The van der Waals surface area contributed by atoms with Crippen LogP contribution in [0.15, 0.2) is 24.3 Å². The largest absolute Gasteiger partial charge is 0.514 e. The summed E-state index contributed by atoms with van der Waals surface area (Å²) < 4.78 is 14.1. The number of benzene rings is 1. The number of non-ortho nitro benzene ring substituents is 1. The highest BCUT2D eigenvalue weighted by molar-refractivity contribution is 5.74. The van der Waals surface area contributed by atoms with Crippen LogP contribution in [0.25, 0.3) is 0 Å². The molecule has 114 valence electrons. The smallest absolute Gasteiger partial charge is 0.463 e. The number of esters is 1. The first-order chi connectivity index (χ1) is 9.88. The molecule has 0 fully saturated rings. The van der Waals surface area contributed by atoms with E-state index in [0.29, 0.717) is 0 Å². The van der Waals surface area contributed by atoms with Crippen LogP contribution in [0.1, 0.15) is 13.8 Å². The Kier molecular flexibility index (Phi) is 6.12. The summed E-state index contributed by atoms with van der Waals surface area (Å²) in [7, 11) is 0. The summed E-state index contributed by atoms with van der Waals surface area (Å²) in [5, 5.41) is 10.4. The lowest BCUT2D eigenvalue weighted by molar-refractivity contribution is -0.384. The summed E-state index contributed by atoms with van der Waals surface area (Å²) in [6, 6.07) is 4.85. The predicted molar refractivity (Wildman–Crippen MR) is 70.9 cm³/mol. The molecule has 0 radical (unpaired) electrons. The molecule has 0 unspecified atom stereocenters. The molecular weight excluding hydrogens is 282 g/mol. The zero-order chi connectivity index (χ0) is 15.8. The van der Waals surface area contributed by atoms with Crippen molar-refractivity contribution in [1.29, 1.82) is 0 Å². The van der Waals surface area contributed by atoms with Crippen LogP contribution in [0.2, 0.25) is 0 Å². The van der Waals surface area contributed by atoms with Crippen molar-refractivity contribution >= 4 is 17.8 Å². The lowest BCUT2D eigenvalue weighted by Gasteiger charge is -2.08. The minimum Gasteiger partial charge on any atom is -0.463 e. The van der Waals surface area contributed by atoms with Gasteiger partial charge in [0.05, 0.1) is 11.5 Å². The second-order valence-corrected chi connectivity index (χ2v) is 4.47. The minimum absolute atomic E-state index is 0.0705. The summed E-state index contributed by atoms with van der Waals surface area (Å²) in [4.78, 5) is 32.3. The zero-order valence-electron chi connectivity index (χ0n) is 11.6. The molecule has 1 aromatic carbocycles. The van der Waals surface area contributed by atoms with E-state index in [-0.39, 0.29) is 24.0 Å². The molecule has 1 aromatic rings. The number of carbonyl (C=O) groups is 2. The fourth-order valence-corrected chi connectivity index (χ4v) is 1.18. The second kappa shape index (κ2) is 7.83. The lowest BCUT2D eigenvalue weighted by Crippen LogP contribution is -2.20. The van der Waals surface area contributed by atoms with Crippen LogP contribution in [0.5, 0.6) is 5.75 Å². The summed E-state index contributed by atoms with van der Waals surface area (Å²) in [6.45, 7) is 3.42. The molecule has 0 saturated carbocycles. The number of nitrogens with zero attached hydrogens (tertiary/aromatic N) is 1. The molecule has 0 atom stereocenters. The monoisotopic (exact) mass is 297 g/mol. The summed E-state index contributed by atoms with van der Waals surface area (Å²) in [5.74, 6) is -0.425. The van der Waals surface area contributed by atoms with Crippen molar-refractivity contribution in [2.24, 2.45) is 5.92 Å². The molecule has 0 bridgehead atoms. The number of hydrogen-bond acceptors (Lipinski definition) is 7. The maximum atomic E-state index is 11.3. The van der Waals surface area contributed by atoms with Crippen molar-refractivity contribution in [3.8, 4) is 5.75 Å². The highest BCUT2D eigenvalue weighted by Gasteiger charge is 2.12. The van der Waals surface area contributed by atoms with E-state index in [1.165, 1.54) is 24.3 Å². The Hall–Kier alpha value is -2.64. The van der Waals surface area contributed by atoms with Crippen molar-refractivity contribution in [1.82, 2.24) is 0 Å². The first-order valence-electron chi connectivity index (χ1n) is 6.13. The molecular formula is C13H15NO7. The molecule has 21 heavy (non-hydrogen) atoms. The van der Waals surface area contributed by atoms with Crippen LogP contribution in [-0.2, 0) is 14.3 Å². The van der Waals surface area contributed by atoms with Crippen LogP contribution in [0, 0.1) is 16.0 Å². The Bertz CT molecular complexity index is 510. The van der Waals surface area contributed by atoms with Gasteiger partial charge in [0.1, 0.15) is 5.75 Å². The Balaban J connectivity index is 2.36. The molecule has 0 aliphatic heterocycles. The first kappa shape index (κ1) is 16.4. The van der Waals surface area contributed by atoms with Crippen LogP contribution in [0.3, 0.4) is 0 Å². The van der Waals surface area contributed by atoms with E-state index >= 15 is 0 Å². The van der Waals surface area contributed by atoms with Gasteiger partial charge in [-0.1, -0.05) is 13.8 Å². The van der Waals surface area contributed by atoms with Crippen molar-refractivity contribution in [3.63, 3.8) is 0 Å². The van der Waals surface area contributed by atoms with Gasteiger partial charge in [-0.15, -0.1) is 0 Å². The van der Waals surface area contributed by atoms with E-state index in [4.69, 9.17) is 9.47 Å². The summed E-state index contributed by atoms with van der Waals surface area (Å²) in [5.41, 5.74) is -0.131. The number of nitro groups is 1. The molecule has 0 aromatic heterocycles. The average molecular weight is 297 g/mol. The van der Waals surface area contributed by atoms with Gasteiger partial charge in [-0.2, -0.15) is 0 Å². The third-order valence-electron chi connectivity index (χ3n) is 2.13. The zero-order valence-corrected chi connectivity index (χ0v) is 11.6. The quantitative estimate of drug-likeness (QED) is 0.343. The van der Waals surface area contributed by atoms with Crippen molar-refractivity contribution < 1.29 is 28.7 Å². The maximum Gasteiger partial charge on any atom is 0.514 e. The fraction of sp³-hybridized carbons (Fsp3) is 0.385. The van der Waals surface area contributed by atoms with Gasteiger partial charge in [0, 0.05) is 12.1 Å². The average Bonchev–Trinajstić information content (AvgIpc) is 2.43.